The Morgan fingerprint density at radius 1 is 1.36 bits per heavy atom. The van der Waals surface area contributed by atoms with Crippen LogP contribution in [0.3, 0.4) is 0 Å². The summed E-state index contributed by atoms with van der Waals surface area (Å²) in [5, 5.41) is 0. The number of hydrogen-bond acceptors (Lipinski definition) is 3. The summed E-state index contributed by atoms with van der Waals surface area (Å²) in [6, 6.07) is 0. The van der Waals surface area contributed by atoms with Crippen molar-refractivity contribution in [2.45, 2.75) is 27.2 Å². The molecular formula is C11H21NO2. The molecule has 0 unspecified atom stereocenters. The highest BCUT2D eigenvalue weighted by atomic mass is 16.5. The van der Waals surface area contributed by atoms with Crippen LogP contribution in [0.4, 0.5) is 0 Å². The Bertz CT molecular complexity index is 184. The maximum absolute atomic E-state index is 11.3. The van der Waals surface area contributed by atoms with E-state index in [9.17, 15) is 4.79 Å². The molecule has 1 saturated heterocycles. The quantitative estimate of drug-likeness (QED) is 0.646. The van der Waals surface area contributed by atoms with Gasteiger partial charge in [0.2, 0.25) is 0 Å². The van der Waals surface area contributed by atoms with E-state index in [4.69, 9.17) is 4.74 Å². The zero-order valence-corrected chi connectivity index (χ0v) is 9.45. The number of rotatable bonds is 3. The smallest absolute Gasteiger partial charge is 0.320 e. The molecule has 0 radical (unpaired) electrons. The van der Waals surface area contributed by atoms with Gasteiger partial charge in [0.25, 0.3) is 0 Å². The fourth-order valence-corrected chi connectivity index (χ4v) is 2.31. The normalized spacial score (nSPS) is 28.8. The maximum atomic E-state index is 11.3. The molecule has 0 aromatic carbocycles. The Kier molecular flexibility index (Phi) is 4.39. The van der Waals surface area contributed by atoms with Gasteiger partial charge in [0.15, 0.2) is 0 Å². The average molecular weight is 199 g/mol. The Morgan fingerprint density at radius 3 is 2.43 bits per heavy atom. The summed E-state index contributed by atoms with van der Waals surface area (Å²) in [5.74, 6) is 1.31. The Hall–Kier alpha value is -0.570. The van der Waals surface area contributed by atoms with E-state index in [2.05, 4.69) is 18.7 Å². The number of esters is 1. The Morgan fingerprint density at radius 2 is 1.93 bits per heavy atom. The van der Waals surface area contributed by atoms with Crippen LogP contribution in [0.5, 0.6) is 0 Å². The molecule has 2 atom stereocenters. The molecule has 0 amide bonds. The molecule has 1 aliphatic heterocycles. The largest absolute Gasteiger partial charge is 0.465 e. The zero-order chi connectivity index (χ0) is 10.6. The lowest BCUT2D eigenvalue weighted by atomic mass is 9.92. The molecule has 0 aromatic heterocycles. The first-order valence-corrected chi connectivity index (χ1v) is 5.49. The second-order valence-electron chi connectivity index (χ2n) is 4.45. The number of nitrogens with zero attached hydrogens (tertiary/aromatic N) is 1. The molecule has 0 aliphatic carbocycles. The van der Waals surface area contributed by atoms with Crippen molar-refractivity contribution in [1.29, 1.82) is 0 Å². The van der Waals surface area contributed by atoms with Crippen molar-refractivity contribution in [3.05, 3.63) is 0 Å². The lowest BCUT2D eigenvalue weighted by molar-refractivity contribution is -0.145. The number of carbonyl (C=O) groups is 1. The van der Waals surface area contributed by atoms with E-state index >= 15 is 0 Å². The topological polar surface area (TPSA) is 29.5 Å². The molecule has 0 spiro atoms. The monoisotopic (exact) mass is 199 g/mol. The van der Waals surface area contributed by atoms with Gasteiger partial charge in [-0.25, -0.2) is 0 Å². The third kappa shape index (κ3) is 3.66. The van der Waals surface area contributed by atoms with Crippen LogP contribution < -0.4 is 0 Å². The predicted molar refractivity (Wildman–Crippen MR) is 56.0 cm³/mol. The highest BCUT2D eigenvalue weighted by molar-refractivity contribution is 5.71. The van der Waals surface area contributed by atoms with Gasteiger partial charge >= 0.3 is 5.97 Å². The summed E-state index contributed by atoms with van der Waals surface area (Å²) in [6.45, 7) is 9.34. The van der Waals surface area contributed by atoms with Crippen LogP contribution in [-0.2, 0) is 9.53 Å². The highest BCUT2D eigenvalue weighted by Crippen LogP contribution is 2.20. The molecule has 1 fully saturated rings. The van der Waals surface area contributed by atoms with E-state index in [1.54, 1.807) is 0 Å². The SMILES string of the molecule is CCOC(=O)CN1C[C@H](C)C[C@H](C)C1. The molecule has 0 aromatic rings. The number of piperidine rings is 1. The molecule has 0 bridgehead atoms. The van der Waals surface area contributed by atoms with Gasteiger partial charge in [-0.1, -0.05) is 13.8 Å². The van der Waals surface area contributed by atoms with Crippen LogP contribution in [-0.4, -0.2) is 37.1 Å². The van der Waals surface area contributed by atoms with E-state index in [1.165, 1.54) is 6.42 Å². The van der Waals surface area contributed by atoms with Gasteiger partial charge < -0.3 is 4.74 Å². The second-order valence-corrected chi connectivity index (χ2v) is 4.45. The van der Waals surface area contributed by atoms with Crippen LogP contribution in [0.1, 0.15) is 27.2 Å². The highest BCUT2D eigenvalue weighted by Gasteiger charge is 2.23. The predicted octanol–water partition coefficient (Wildman–Crippen LogP) is 1.53. The molecule has 82 valence electrons. The van der Waals surface area contributed by atoms with Crippen molar-refractivity contribution >= 4 is 5.97 Å². The molecular weight excluding hydrogens is 178 g/mol. The van der Waals surface area contributed by atoms with Crippen LogP contribution in [0.2, 0.25) is 0 Å². The van der Waals surface area contributed by atoms with Gasteiger partial charge in [0.05, 0.1) is 13.2 Å². The lowest BCUT2D eigenvalue weighted by Crippen LogP contribution is -2.41. The van der Waals surface area contributed by atoms with E-state index in [-0.39, 0.29) is 5.97 Å². The van der Waals surface area contributed by atoms with Crippen molar-refractivity contribution in [2.75, 3.05) is 26.2 Å². The van der Waals surface area contributed by atoms with Gasteiger partial charge in [0, 0.05) is 13.1 Å². The summed E-state index contributed by atoms with van der Waals surface area (Å²) < 4.78 is 4.93. The Balaban J connectivity index is 2.33. The maximum Gasteiger partial charge on any atom is 0.320 e. The minimum atomic E-state index is -0.0891. The average Bonchev–Trinajstić information content (AvgIpc) is 2.01. The molecule has 3 nitrogen and oxygen atoms in total. The third-order valence-corrected chi connectivity index (χ3v) is 2.60. The van der Waals surface area contributed by atoms with Crippen molar-refractivity contribution < 1.29 is 9.53 Å². The number of hydrogen-bond donors (Lipinski definition) is 0. The van der Waals surface area contributed by atoms with Gasteiger partial charge in [-0.2, -0.15) is 0 Å². The summed E-state index contributed by atoms with van der Waals surface area (Å²) in [6.07, 6.45) is 1.28. The van der Waals surface area contributed by atoms with Crippen molar-refractivity contribution in [3.8, 4) is 0 Å². The summed E-state index contributed by atoms with van der Waals surface area (Å²) in [7, 11) is 0. The molecule has 3 heteroatoms. The van der Waals surface area contributed by atoms with Crippen molar-refractivity contribution in [3.63, 3.8) is 0 Å². The van der Waals surface area contributed by atoms with Crippen molar-refractivity contribution in [2.24, 2.45) is 11.8 Å². The van der Waals surface area contributed by atoms with Gasteiger partial charge in [0.1, 0.15) is 0 Å². The fraction of sp³-hybridized carbons (Fsp3) is 0.909. The van der Waals surface area contributed by atoms with E-state index < -0.39 is 0 Å². The van der Waals surface area contributed by atoms with Crippen LogP contribution in [0, 0.1) is 11.8 Å². The first-order valence-electron chi connectivity index (χ1n) is 5.49. The molecule has 1 aliphatic rings. The number of carbonyl (C=O) groups excluding carboxylic acids is 1. The second kappa shape index (κ2) is 5.35. The van der Waals surface area contributed by atoms with Crippen LogP contribution in [0.15, 0.2) is 0 Å². The van der Waals surface area contributed by atoms with Crippen molar-refractivity contribution in [1.82, 2.24) is 4.90 Å². The minimum absolute atomic E-state index is 0.0891. The summed E-state index contributed by atoms with van der Waals surface area (Å²) in [4.78, 5) is 13.5. The van der Waals surface area contributed by atoms with E-state index in [1.807, 2.05) is 6.92 Å². The zero-order valence-electron chi connectivity index (χ0n) is 9.45. The lowest BCUT2D eigenvalue weighted by Gasteiger charge is -2.34. The summed E-state index contributed by atoms with van der Waals surface area (Å²) >= 11 is 0. The van der Waals surface area contributed by atoms with Gasteiger partial charge in [-0.05, 0) is 25.2 Å². The first kappa shape index (κ1) is 11.5. The van der Waals surface area contributed by atoms with Gasteiger partial charge in [-0.15, -0.1) is 0 Å². The Labute approximate surface area is 86.4 Å². The van der Waals surface area contributed by atoms with E-state index in [0.29, 0.717) is 25.0 Å². The number of ether oxygens (including phenoxy) is 1. The molecule has 1 heterocycles. The first-order chi connectivity index (χ1) is 6.61. The van der Waals surface area contributed by atoms with E-state index in [0.717, 1.165) is 13.1 Å². The van der Waals surface area contributed by atoms with Crippen LogP contribution in [0.25, 0.3) is 0 Å². The molecule has 0 saturated carbocycles. The fourth-order valence-electron chi connectivity index (χ4n) is 2.31. The van der Waals surface area contributed by atoms with Crippen LogP contribution >= 0.6 is 0 Å². The number of likely N-dealkylation sites (tertiary alicyclic amines) is 1. The molecule has 14 heavy (non-hydrogen) atoms. The minimum Gasteiger partial charge on any atom is -0.465 e. The molecule has 0 N–H and O–H groups in total. The molecule has 1 rings (SSSR count). The van der Waals surface area contributed by atoms with Gasteiger partial charge in [-0.3, -0.25) is 9.69 Å². The third-order valence-electron chi connectivity index (χ3n) is 2.60. The standard InChI is InChI=1S/C11H21NO2/c1-4-14-11(13)8-12-6-9(2)5-10(3)7-12/h9-10H,4-8H2,1-3H3/t9-,10+. The summed E-state index contributed by atoms with van der Waals surface area (Å²) in [5.41, 5.74) is 0.